The minimum Gasteiger partial charge on any atom is -0.396 e. The first-order valence-corrected chi connectivity index (χ1v) is 8.99. The molecule has 2 saturated heterocycles. The van der Waals surface area contributed by atoms with Gasteiger partial charge >= 0.3 is 0 Å². The van der Waals surface area contributed by atoms with Gasteiger partial charge in [0.05, 0.1) is 24.4 Å². The summed E-state index contributed by atoms with van der Waals surface area (Å²) in [6, 6.07) is 2.13. The second-order valence-corrected chi connectivity index (χ2v) is 7.86. The highest BCUT2D eigenvalue weighted by Gasteiger charge is 2.47. The summed E-state index contributed by atoms with van der Waals surface area (Å²) in [7, 11) is 0. The van der Waals surface area contributed by atoms with Crippen LogP contribution in [0.4, 0.5) is 0 Å². The summed E-state index contributed by atoms with van der Waals surface area (Å²) in [4.78, 5) is 2.06. The summed E-state index contributed by atoms with van der Waals surface area (Å²) in [6.45, 7) is 5.18. The molecule has 1 saturated carbocycles. The van der Waals surface area contributed by atoms with Crippen molar-refractivity contribution >= 4 is 0 Å². The second kappa shape index (κ2) is 7.31. The number of likely N-dealkylation sites (tertiary alicyclic amines) is 1. The molecule has 0 bridgehead atoms. The number of nitriles is 1. The summed E-state index contributed by atoms with van der Waals surface area (Å²) < 4.78 is 12.0. The lowest BCUT2D eigenvalue weighted by Gasteiger charge is -2.42. The van der Waals surface area contributed by atoms with Crippen LogP contribution < -0.4 is 0 Å². The molecule has 0 spiro atoms. The van der Waals surface area contributed by atoms with Crippen LogP contribution in [0.25, 0.3) is 0 Å². The molecule has 0 aromatic carbocycles. The first-order chi connectivity index (χ1) is 11.8. The number of ether oxygens (including phenoxy) is 2. The third-order valence-electron chi connectivity index (χ3n) is 5.54. The first-order valence-electron chi connectivity index (χ1n) is 8.99. The van der Waals surface area contributed by atoms with Gasteiger partial charge < -0.3 is 24.8 Å². The number of aliphatic hydroxyl groups excluding tert-OH is 3. The minimum atomic E-state index is -0.890. The Hall–Kier alpha value is -1.01. The molecule has 0 aromatic rings. The summed E-state index contributed by atoms with van der Waals surface area (Å²) >= 11 is 0. The Morgan fingerprint density at radius 1 is 1.28 bits per heavy atom. The van der Waals surface area contributed by atoms with Crippen molar-refractivity contribution in [3.8, 4) is 6.07 Å². The third kappa shape index (κ3) is 3.90. The number of fused-ring (bicyclic) bond motifs is 1. The Morgan fingerprint density at radius 3 is 2.72 bits per heavy atom. The second-order valence-electron chi connectivity index (χ2n) is 7.86. The van der Waals surface area contributed by atoms with E-state index in [1.165, 1.54) is 0 Å². The quantitative estimate of drug-likeness (QED) is 0.615. The van der Waals surface area contributed by atoms with Crippen LogP contribution in [0.2, 0.25) is 0 Å². The van der Waals surface area contributed by atoms with Gasteiger partial charge in [0.15, 0.2) is 5.79 Å². The van der Waals surface area contributed by atoms with Gasteiger partial charge in [0, 0.05) is 38.2 Å². The maximum absolute atomic E-state index is 10.1. The molecule has 0 unspecified atom stereocenters. The summed E-state index contributed by atoms with van der Waals surface area (Å²) in [6.07, 6.45) is 1.34. The molecule has 7 heteroatoms. The lowest BCUT2D eigenvalue weighted by Crippen LogP contribution is -2.55. The zero-order valence-corrected chi connectivity index (χ0v) is 14.8. The van der Waals surface area contributed by atoms with E-state index in [-0.39, 0.29) is 30.7 Å². The molecule has 3 rings (SSSR count). The van der Waals surface area contributed by atoms with Crippen molar-refractivity contribution in [1.29, 1.82) is 5.26 Å². The number of piperidine rings is 1. The highest BCUT2D eigenvalue weighted by Crippen LogP contribution is 2.42. The largest absolute Gasteiger partial charge is 0.396 e. The van der Waals surface area contributed by atoms with Gasteiger partial charge in [-0.15, -0.1) is 0 Å². The van der Waals surface area contributed by atoms with Crippen LogP contribution in [0.15, 0.2) is 11.6 Å². The van der Waals surface area contributed by atoms with Crippen LogP contribution in [-0.4, -0.2) is 76.7 Å². The van der Waals surface area contributed by atoms with Crippen LogP contribution in [0.5, 0.6) is 0 Å². The molecule has 3 aliphatic rings. The van der Waals surface area contributed by atoms with Crippen molar-refractivity contribution in [2.45, 2.75) is 56.9 Å². The van der Waals surface area contributed by atoms with Crippen molar-refractivity contribution < 1.29 is 24.8 Å². The third-order valence-corrected chi connectivity index (χ3v) is 5.54. The predicted octanol–water partition coefficient (Wildman–Crippen LogP) is 0.0124. The van der Waals surface area contributed by atoms with E-state index >= 15 is 0 Å². The molecule has 7 nitrogen and oxygen atoms in total. The molecular weight excluding hydrogens is 324 g/mol. The first kappa shape index (κ1) is 18.8. The molecule has 0 aromatic heterocycles. The van der Waals surface area contributed by atoms with Crippen molar-refractivity contribution in [2.24, 2.45) is 11.8 Å². The molecule has 3 N–H and O–H groups in total. The normalized spacial score (nSPS) is 43.0. The smallest absolute Gasteiger partial charge is 0.164 e. The molecule has 25 heavy (non-hydrogen) atoms. The maximum Gasteiger partial charge on any atom is 0.164 e. The standard InChI is InChI=1S/C18H28N2O5/c1-18(2)24-15-4-3-11(13(5-6-19)17(15)25-18)7-20-8-12(10-21)16(23)14(22)9-20/h5,11-12,14-17,21-23H,3-4,7-10H2,1-2H3/b13-5+/t11-,12+,14+,15+,16+,17-/m0/s1. The molecule has 2 aliphatic heterocycles. The van der Waals surface area contributed by atoms with Gasteiger partial charge in [-0.1, -0.05) is 0 Å². The Morgan fingerprint density at radius 2 is 2.04 bits per heavy atom. The van der Waals surface area contributed by atoms with E-state index < -0.39 is 18.0 Å². The summed E-state index contributed by atoms with van der Waals surface area (Å²) in [5.74, 6) is -0.861. The van der Waals surface area contributed by atoms with Gasteiger partial charge in [-0.3, -0.25) is 4.90 Å². The van der Waals surface area contributed by atoms with Gasteiger partial charge in [0.1, 0.15) is 6.10 Å². The Kier molecular flexibility index (Phi) is 5.49. The van der Waals surface area contributed by atoms with E-state index in [1.54, 1.807) is 6.08 Å². The molecule has 1 aliphatic carbocycles. The van der Waals surface area contributed by atoms with Gasteiger partial charge in [-0.2, -0.15) is 5.26 Å². The van der Waals surface area contributed by atoms with E-state index in [4.69, 9.17) is 9.47 Å². The molecular formula is C18H28N2O5. The average molecular weight is 352 g/mol. The van der Waals surface area contributed by atoms with Crippen LogP contribution in [0.3, 0.4) is 0 Å². The van der Waals surface area contributed by atoms with E-state index in [1.807, 2.05) is 13.8 Å². The molecule has 0 amide bonds. The maximum atomic E-state index is 10.1. The number of hydrogen-bond donors (Lipinski definition) is 3. The molecule has 2 heterocycles. The molecule has 0 radical (unpaired) electrons. The number of allylic oxidation sites excluding steroid dienone is 1. The zero-order valence-electron chi connectivity index (χ0n) is 14.8. The lowest BCUT2D eigenvalue weighted by molar-refractivity contribution is -0.143. The van der Waals surface area contributed by atoms with E-state index in [9.17, 15) is 20.6 Å². The lowest BCUT2D eigenvalue weighted by atomic mass is 9.79. The van der Waals surface area contributed by atoms with Gasteiger partial charge in [-0.25, -0.2) is 0 Å². The van der Waals surface area contributed by atoms with E-state index in [0.29, 0.717) is 19.6 Å². The van der Waals surface area contributed by atoms with E-state index in [2.05, 4.69) is 11.0 Å². The van der Waals surface area contributed by atoms with Gasteiger partial charge in [0.25, 0.3) is 0 Å². The Bertz CT molecular complexity index is 558. The number of β-amino-alcohol motifs (C(OH)–C–C–N with tert-alkyl or cyclic N) is 1. The average Bonchev–Trinajstić information content (AvgIpc) is 2.87. The highest BCUT2D eigenvalue weighted by molar-refractivity contribution is 5.25. The van der Waals surface area contributed by atoms with Crippen molar-refractivity contribution in [3.05, 3.63) is 11.6 Å². The van der Waals surface area contributed by atoms with Crippen molar-refractivity contribution in [1.82, 2.24) is 4.90 Å². The Labute approximate surface area is 148 Å². The van der Waals surface area contributed by atoms with Crippen LogP contribution in [0, 0.1) is 23.2 Å². The van der Waals surface area contributed by atoms with Gasteiger partial charge in [-0.05, 0) is 38.2 Å². The molecule has 6 atom stereocenters. The fourth-order valence-electron chi connectivity index (χ4n) is 4.39. The van der Waals surface area contributed by atoms with Crippen molar-refractivity contribution in [2.75, 3.05) is 26.2 Å². The van der Waals surface area contributed by atoms with Crippen LogP contribution >= 0.6 is 0 Å². The SMILES string of the molecule is CC1(C)O[C@@H]2CC[C@@H](CN3C[C@H](CO)[C@@H](O)[C@H](O)C3)/C(=C\C#N)[C@@H]2O1. The van der Waals surface area contributed by atoms with Crippen molar-refractivity contribution in [3.63, 3.8) is 0 Å². The molecule has 3 fully saturated rings. The number of nitrogens with zero attached hydrogens (tertiary/aromatic N) is 2. The Balaban J connectivity index is 1.72. The zero-order chi connectivity index (χ0) is 18.2. The number of hydrogen-bond acceptors (Lipinski definition) is 7. The monoisotopic (exact) mass is 352 g/mol. The summed E-state index contributed by atoms with van der Waals surface area (Å²) in [5.41, 5.74) is 0.950. The molecule has 140 valence electrons. The number of rotatable bonds is 3. The fourth-order valence-corrected chi connectivity index (χ4v) is 4.39. The fraction of sp³-hybridized carbons (Fsp3) is 0.833. The minimum absolute atomic E-state index is 0.0233. The predicted molar refractivity (Wildman–Crippen MR) is 89.3 cm³/mol. The number of aliphatic hydroxyl groups is 3. The highest BCUT2D eigenvalue weighted by atomic mass is 16.8. The summed E-state index contributed by atoms with van der Waals surface area (Å²) in [5, 5.41) is 38.6. The van der Waals surface area contributed by atoms with Gasteiger partial charge in [0.2, 0.25) is 0 Å². The van der Waals surface area contributed by atoms with E-state index in [0.717, 1.165) is 18.4 Å². The topological polar surface area (TPSA) is 106 Å². The van der Waals surface area contributed by atoms with Crippen LogP contribution in [0.1, 0.15) is 26.7 Å². The van der Waals surface area contributed by atoms with Crippen LogP contribution in [-0.2, 0) is 9.47 Å².